The van der Waals surface area contributed by atoms with Crippen molar-refractivity contribution in [2.24, 2.45) is 4.99 Å². The molecule has 0 aliphatic heterocycles. The molecular weight excluding hydrogens is 457 g/mol. The van der Waals surface area contributed by atoms with Crippen molar-refractivity contribution in [2.75, 3.05) is 34.2 Å². The maximum Gasteiger partial charge on any atom is 0.191 e. The van der Waals surface area contributed by atoms with Crippen LogP contribution in [0.5, 0.6) is 0 Å². The maximum atomic E-state index is 4.46. The van der Waals surface area contributed by atoms with Crippen LogP contribution >= 0.6 is 35.3 Å². The molecule has 0 aliphatic carbocycles. The van der Waals surface area contributed by atoms with E-state index in [9.17, 15) is 0 Å². The number of hydrogen-bond donors (Lipinski definition) is 2. The fourth-order valence-corrected chi connectivity index (χ4v) is 3.46. The Balaban J connectivity index is 0.00000338. The molecule has 0 bridgehead atoms. The minimum atomic E-state index is 0. The number of hydrogen-bond acceptors (Lipinski definition) is 4. The summed E-state index contributed by atoms with van der Waals surface area (Å²) in [4.78, 5) is 12.3. The van der Waals surface area contributed by atoms with E-state index >= 15 is 0 Å². The Hall–Kier alpha value is -1.19. The van der Waals surface area contributed by atoms with Gasteiger partial charge in [-0.3, -0.25) is 4.99 Å². The molecule has 0 radical (unpaired) electrons. The fraction of sp³-hybridized carbons (Fsp3) is 0.474. The lowest BCUT2D eigenvalue weighted by molar-refractivity contribution is 0.298. The molecular formula is C19H30IN5S. The molecule has 1 aromatic carbocycles. The van der Waals surface area contributed by atoms with E-state index in [2.05, 4.69) is 70.8 Å². The maximum absolute atomic E-state index is 4.46. The Morgan fingerprint density at radius 2 is 1.96 bits per heavy atom. The highest BCUT2D eigenvalue weighted by molar-refractivity contribution is 14.0. The predicted molar refractivity (Wildman–Crippen MR) is 123 cm³/mol. The molecule has 0 aliphatic rings. The lowest BCUT2D eigenvalue weighted by Gasteiger charge is -2.26. The third-order valence-corrected chi connectivity index (χ3v) is 5.28. The van der Waals surface area contributed by atoms with E-state index in [1.165, 1.54) is 15.4 Å². The van der Waals surface area contributed by atoms with Crippen LogP contribution in [-0.4, -0.2) is 50.1 Å². The zero-order valence-corrected chi connectivity index (χ0v) is 19.2. The molecule has 2 N–H and O–H groups in total. The van der Waals surface area contributed by atoms with Crippen LogP contribution in [-0.2, 0) is 12.8 Å². The van der Waals surface area contributed by atoms with Gasteiger partial charge in [0.15, 0.2) is 5.96 Å². The highest BCUT2D eigenvalue weighted by Gasteiger charge is 2.14. The molecule has 0 saturated heterocycles. The van der Waals surface area contributed by atoms with Gasteiger partial charge in [0, 0.05) is 37.6 Å². The number of benzene rings is 1. The van der Waals surface area contributed by atoms with Crippen LogP contribution < -0.4 is 10.6 Å². The normalized spacial score (nSPS) is 12.6. The van der Waals surface area contributed by atoms with E-state index in [0.717, 1.165) is 31.9 Å². The SMILES string of the molecule is CCc1cnc(CCNC(=NC)NCC(c2ccccc2)N(C)C)s1.I. The molecule has 26 heavy (non-hydrogen) atoms. The summed E-state index contributed by atoms with van der Waals surface area (Å²) in [5.41, 5.74) is 1.30. The van der Waals surface area contributed by atoms with Gasteiger partial charge in [-0.1, -0.05) is 37.3 Å². The standard InChI is InChI=1S/C19H29N5S.HI/c1-5-16-13-22-18(25-16)11-12-21-19(20-2)23-14-17(24(3)4)15-9-7-6-8-10-15;/h6-10,13,17H,5,11-12,14H2,1-4H3,(H2,20,21,23);1H. The number of likely N-dealkylation sites (N-methyl/N-ethyl adjacent to an activating group) is 1. The first-order chi connectivity index (χ1) is 12.1. The van der Waals surface area contributed by atoms with Gasteiger partial charge in [0.1, 0.15) is 0 Å². The first-order valence-corrected chi connectivity index (χ1v) is 9.55. The number of halogens is 1. The van der Waals surface area contributed by atoms with Gasteiger partial charge in [-0.05, 0) is 26.1 Å². The number of aromatic nitrogens is 1. The topological polar surface area (TPSA) is 52.6 Å². The molecule has 0 saturated carbocycles. The number of aryl methyl sites for hydroxylation is 1. The van der Waals surface area contributed by atoms with E-state index in [4.69, 9.17) is 0 Å². The Kier molecular flexibility index (Phi) is 10.8. The van der Waals surface area contributed by atoms with Gasteiger partial charge in [0.25, 0.3) is 0 Å². The van der Waals surface area contributed by atoms with Crippen molar-refractivity contribution in [3.8, 4) is 0 Å². The summed E-state index contributed by atoms with van der Waals surface area (Å²) < 4.78 is 0. The number of thiazole rings is 1. The minimum absolute atomic E-state index is 0. The van der Waals surface area contributed by atoms with Crippen LogP contribution in [0.2, 0.25) is 0 Å². The van der Waals surface area contributed by atoms with Crippen molar-refractivity contribution in [1.29, 1.82) is 0 Å². The van der Waals surface area contributed by atoms with E-state index < -0.39 is 0 Å². The molecule has 1 unspecified atom stereocenters. The number of nitrogens with zero attached hydrogens (tertiary/aromatic N) is 3. The Labute approximate surface area is 178 Å². The highest BCUT2D eigenvalue weighted by Crippen LogP contribution is 2.16. The lowest BCUT2D eigenvalue weighted by atomic mass is 10.1. The van der Waals surface area contributed by atoms with Gasteiger partial charge in [-0.15, -0.1) is 35.3 Å². The zero-order chi connectivity index (χ0) is 18.1. The third kappa shape index (κ3) is 7.20. The Morgan fingerprint density at radius 3 is 2.54 bits per heavy atom. The zero-order valence-electron chi connectivity index (χ0n) is 16.0. The third-order valence-electron chi connectivity index (χ3n) is 4.08. The van der Waals surface area contributed by atoms with Crippen molar-refractivity contribution >= 4 is 41.3 Å². The van der Waals surface area contributed by atoms with Crippen molar-refractivity contribution in [3.63, 3.8) is 0 Å². The lowest BCUT2D eigenvalue weighted by Crippen LogP contribution is -2.42. The van der Waals surface area contributed by atoms with Crippen LogP contribution in [0.25, 0.3) is 0 Å². The van der Waals surface area contributed by atoms with Gasteiger partial charge in [0.2, 0.25) is 0 Å². The number of rotatable bonds is 8. The molecule has 1 atom stereocenters. The number of aliphatic imine (C=N–C) groups is 1. The van der Waals surface area contributed by atoms with Crippen molar-refractivity contribution in [3.05, 3.63) is 52.0 Å². The summed E-state index contributed by atoms with van der Waals surface area (Å²) in [6.07, 6.45) is 3.95. The molecule has 7 heteroatoms. The average Bonchev–Trinajstić information content (AvgIpc) is 3.09. The van der Waals surface area contributed by atoms with Crippen molar-refractivity contribution < 1.29 is 0 Å². The van der Waals surface area contributed by atoms with Crippen molar-refractivity contribution in [2.45, 2.75) is 25.8 Å². The summed E-state index contributed by atoms with van der Waals surface area (Å²) in [7, 11) is 6.01. The summed E-state index contributed by atoms with van der Waals surface area (Å²) >= 11 is 1.79. The molecule has 0 spiro atoms. The fourth-order valence-electron chi connectivity index (χ4n) is 2.60. The summed E-state index contributed by atoms with van der Waals surface area (Å²) in [6, 6.07) is 10.8. The van der Waals surface area contributed by atoms with Crippen LogP contribution in [0.3, 0.4) is 0 Å². The highest BCUT2D eigenvalue weighted by atomic mass is 127. The Bertz CT molecular complexity index is 657. The monoisotopic (exact) mass is 487 g/mol. The molecule has 0 fully saturated rings. The summed E-state index contributed by atoms with van der Waals surface area (Å²) in [6.45, 7) is 3.79. The summed E-state index contributed by atoms with van der Waals surface area (Å²) in [5.74, 6) is 0.829. The molecule has 0 amide bonds. The van der Waals surface area contributed by atoms with E-state index in [1.807, 2.05) is 12.3 Å². The molecule has 2 aromatic rings. The second-order valence-electron chi connectivity index (χ2n) is 6.09. The number of guanidine groups is 1. The second kappa shape index (κ2) is 12.2. The first-order valence-electron chi connectivity index (χ1n) is 8.73. The summed E-state index contributed by atoms with van der Waals surface area (Å²) in [5, 5.41) is 7.99. The molecule has 144 valence electrons. The van der Waals surface area contributed by atoms with Crippen LogP contribution in [0, 0.1) is 0 Å². The molecule has 1 aromatic heterocycles. The average molecular weight is 487 g/mol. The van der Waals surface area contributed by atoms with E-state index in [0.29, 0.717) is 6.04 Å². The molecule has 1 heterocycles. The van der Waals surface area contributed by atoms with E-state index in [1.54, 1.807) is 18.4 Å². The van der Waals surface area contributed by atoms with Crippen LogP contribution in [0.15, 0.2) is 41.5 Å². The largest absolute Gasteiger partial charge is 0.356 e. The van der Waals surface area contributed by atoms with Crippen molar-refractivity contribution in [1.82, 2.24) is 20.5 Å². The molecule has 2 rings (SSSR count). The first kappa shape index (κ1) is 22.9. The Morgan fingerprint density at radius 1 is 1.23 bits per heavy atom. The van der Waals surface area contributed by atoms with Gasteiger partial charge < -0.3 is 15.5 Å². The van der Waals surface area contributed by atoms with E-state index in [-0.39, 0.29) is 24.0 Å². The van der Waals surface area contributed by atoms with Gasteiger partial charge in [-0.25, -0.2) is 4.98 Å². The smallest absolute Gasteiger partial charge is 0.191 e. The number of nitrogens with one attached hydrogen (secondary N) is 2. The van der Waals surface area contributed by atoms with Crippen LogP contribution in [0.1, 0.15) is 28.4 Å². The van der Waals surface area contributed by atoms with Gasteiger partial charge in [-0.2, -0.15) is 0 Å². The van der Waals surface area contributed by atoms with Crippen LogP contribution in [0.4, 0.5) is 0 Å². The molecule has 5 nitrogen and oxygen atoms in total. The minimum Gasteiger partial charge on any atom is -0.356 e. The quantitative estimate of drug-likeness (QED) is 0.341. The van der Waals surface area contributed by atoms with Gasteiger partial charge >= 0.3 is 0 Å². The second-order valence-corrected chi connectivity index (χ2v) is 7.29. The predicted octanol–water partition coefficient (Wildman–Crippen LogP) is 3.33. The van der Waals surface area contributed by atoms with Gasteiger partial charge in [0.05, 0.1) is 11.0 Å².